The van der Waals surface area contributed by atoms with Crippen LogP contribution in [0.5, 0.6) is 0 Å². The molecule has 2 aliphatic rings. The summed E-state index contributed by atoms with van der Waals surface area (Å²) in [4.78, 5) is 14.6. The average Bonchev–Trinajstić information content (AvgIpc) is 2.63. The third kappa shape index (κ3) is 5.19. The maximum atomic E-state index is 12.1. The highest BCUT2D eigenvalue weighted by Crippen LogP contribution is 2.27. The third-order valence-electron chi connectivity index (χ3n) is 5.57. The number of amides is 2. The van der Waals surface area contributed by atoms with Crippen LogP contribution in [0.25, 0.3) is 0 Å². The number of aliphatic hydroxyl groups is 1. The number of carbonyl (C=O) groups is 1. The minimum Gasteiger partial charge on any atom is -0.391 e. The Hall–Kier alpha value is -1.59. The van der Waals surface area contributed by atoms with E-state index in [0.717, 1.165) is 50.9 Å². The second-order valence-corrected chi connectivity index (χ2v) is 7.62. The van der Waals surface area contributed by atoms with Gasteiger partial charge >= 0.3 is 6.03 Å². The predicted molar refractivity (Wildman–Crippen MR) is 101 cm³/mol. The van der Waals surface area contributed by atoms with Crippen molar-refractivity contribution in [1.29, 1.82) is 0 Å². The molecule has 3 atom stereocenters. The van der Waals surface area contributed by atoms with E-state index >= 15 is 0 Å². The molecule has 3 N–H and O–H groups in total. The van der Waals surface area contributed by atoms with E-state index in [2.05, 4.69) is 15.5 Å². The van der Waals surface area contributed by atoms with Gasteiger partial charge in [0.25, 0.3) is 0 Å². The Kier molecular flexibility index (Phi) is 6.32. The largest absolute Gasteiger partial charge is 0.391 e. The van der Waals surface area contributed by atoms with Gasteiger partial charge in [0.1, 0.15) is 0 Å². The molecule has 1 saturated carbocycles. The monoisotopic (exact) mass is 345 g/mol. The van der Waals surface area contributed by atoms with Crippen LogP contribution < -0.4 is 10.6 Å². The van der Waals surface area contributed by atoms with Crippen LogP contribution in [0.2, 0.25) is 0 Å². The highest BCUT2D eigenvalue weighted by molar-refractivity contribution is 5.89. The lowest BCUT2D eigenvalue weighted by Crippen LogP contribution is -2.51. The van der Waals surface area contributed by atoms with Crippen LogP contribution in [0.1, 0.15) is 44.1 Å². The number of urea groups is 1. The summed E-state index contributed by atoms with van der Waals surface area (Å²) in [6.45, 7) is 4.78. The van der Waals surface area contributed by atoms with Crippen molar-refractivity contribution in [3.05, 3.63) is 29.8 Å². The van der Waals surface area contributed by atoms with Gasteiger partial charge in [-0.15, -0.1) is 0 Å². The van der Waals surface area contributed by atoms with Gasteiger partial charge in [-0.05, 0) is 57.2 Å². The van der Waals surface area contributed by atoms with E-state index in [9.17, 15) is 9.90 Å². The molecule has 3 rings (SSSR count). The summed E-state index contributed by atoms with van der Waals surface area (Å²) in [5, 5.41) is 16.2. The number of benzene rings is 1. The zero-order valence-electron chi connectivity index (χ0n) is 15.2. The zero-order chi connectivity index (χ0) is 17.6. The van der Waals surface area contributed by atoms with Crippen molar-refractivity contribution in [2.45, 2.75) is 57.6 Å². The van der Waals surface area contributed by atoms with Crippen molar-refractivity contribution >= 4 is 11.7 Å². The third-order valence-corrected chi connectivity index (χ3v) is 5.57. The second-order valence-electron chi connectivity index (χ2n) is 7.62. The molecule has 2 fully saturated rings. The topological polar surface area (TPSA) is 64.6 Å². The molecule has 2 amide bonds. The number of likely N-dealkylation sites (tertiary alicyclic amines) is 1. The number of nitrogens with zero attached hydrogens (tertiary/aromatic N) is 1. The fraction of sp³-hybridized carbons (Fsp3) is 0.650. The lowest BCUT2D eigenvalue weighted by atomic mass is 9.88. The molecule has 0 unspecified atom stereocenters. The van der Waals surface area contributed by atoms with E-state index in [1.807, 2.05) is 31.2 Å². The number of carbonyl (C=O) groups excluding carboxylic acids is 1. The summed E-state index contributed by atoms with van der Waals surface area (Å²) in [7, 11) is 0. The van der Waals surface area contributed by atoms with Crippen LogP contribution in [-0.2, 0) is 0 Å². The van der Waals surface area contributed by atoms with Gasteiger partial charge in [0.15, 0.2) is 0 Å². The first kappa shape index (κ1) is 18.2. The molecule has 1 saturated heterocycles. The van der Waals surface area contributed by atoms with Crippen molar-refractivity contribution in [3.8, 4) is 0 Å². The van der Waals surface area contributed by atoms with Crippen LogP contribution in [-0.4, -0.2) is 47.8 Å². The summed E-state index contributed by atoms with van der Waals surface area (Å²) >= 11 is 0. The highest BCUT2D eigenvalue weighted by Gasteiger charge is 2.32. The van der Waals surface area contributed by atoms with E-state index in [1.165, 1.54) is 12.0 Å². The summed E-state index contributed by atoms with van der Waals surface area (Å²) < 4.78 is 0. The molecule has 0 bridgehead atoms. The van der Waals surface area contributed by atoms with E-state index < -0.39 is 0 Å². The van der Waals surface area contributed by atoms with Gasteiger partial charge in [0.05, 0.1) is 6.10 Å². The normalized spacial score (nSPS) is 27.7. The first-order chi connectivity index (χ1) is 12.1. The predicted octanol–water partition coefficient (Wildman–Crippen LogP) is 3.13. The lowest BCUT2D eigenvalue weighted by Gasteiger charge is -2.42. The quantitative estimate of drug-likeness (QED) is 0.785. The lowest BCUT2D eigenvalue weighted by molar-refractivity contribution is 0.000613. The number of rotatable bonds is 4. The fourth-order valence-corrected chi connectivity index (χ4v) is 4.13. The highest BCUT2D eigenvalue weighted by atomic mass is 16.3. The van der Waals surface area contributed by atoms with Crippen LogP contribution in [0.15, 0.2) is 24.3 Å². The number of aryl methyl sites for hydroxylation is 1. The Morgan fingerprint density at radius 3 is 2.68 bits per heavy atom. The van der Waals surface area contributed by atoms with Gasteiger partial charge in [0, 0.05) is 24.8 Å². The minimum absolute atomic E-state index is 0.140. The summed E-state index contributed by atoms with van der Waals surface area (Å²) in [6.07, 6.45) is 6.53. The van der Waals surface area contributed by atoms with Gasteiger partial charge in [-0.1, -0.05) is 30.5 Å². The van der Waals surface area contributed by atoms with E-state index in [4.69, 9.17) is 0 Å². The zero-order valence-corrected chi connectivity index (χ0v) is 15.2. The van der Waals surface area contributed by atoms with Gasteiger partial charge in [-0.25, -0.2) is 4.79 Å². The maximum Gasteiger partial charge on any atom is 0.319 e. The molecule has 25 heavy (non-hydrogen) atoms. The molecule has 138 valence electrons. The number of nitrogens with one attached hydrogen (secondary N) is 2. The van der Waals surface area contributed by atoms with Crippen molar-refractivity contribution in [2.24, 2.45) is 5.92 Å². The first-order valence-corrected chi connectivity index (χ1v) is 9.65. The number of anilines is 1. The molecule has 1 aromatic carbocycles. The number of hydrogen-bond acceptors (Lipinski definition) is 3. The molecule has 0 aromatic heterocycles. The number of hydrogen-bond donors (Lipinski definition) is 3. The Bertz CT molecular complexity index is 561. The Morgan fingerprint density at radius 1 is 1.16 bits per heavy atom. The van der Waals surface area contributed by atoms with E-state index in [0.29, 0.717) is 18.5 Å². The average molecular weight is 345 g/mol. The van der Waals surface area contributed by atoms with Crippen LogP contribution in [0, 0.1) is 12.8 Å². The van der Waals surface area contributed by atoms with Gasteiger partial charge in [-0.2, -0.15) is 0 Å². The number of aliphatic hydroxyl groups excluding tert-OH is 1. The van der Waals surface area contributed by atoms with E-state index in [1.54, 1.807) is 0 Å². The second kappa shape index (κ2) is 8.68. The molecule has 0 spiro atoms. The van der Waals surface area contributed by atoms with Gasteiger partial charge < -0.3 is 15.7 Å². The maximum absolute atomic E-state index is 12.1. The smallest absolute Gasteiger partial charge is 0.319 e. The SMILES string of the molecule is Cc1ccc(NC(=O)NC[C@@H]2CCCN([C@@H]3CCCC[C@H]3O)C2)cc1. The van der Waals surface area contributed by atoms with Crippen LogP contribution in [0.3, 0.4) is 0 Å². The summed E-state index contributed by atoms with van der Waals surface area (Å²) in [5.74, 6) is 0.464. The minimum atomic E-state index is -0.176. The number of piperidine rings is 1. The van der Waals surface area contributed by atoms with Crippen molar-refractivity contribution in [1.82, 2.24) is 10.2 Å². The molecule has 5 heteroatoms. The Balaban J connectivity index is 1.44. The molecule has 0 radical (unpaired) electrons. The molecule has 1 heterocycles. The van der Waals surface area contributed by atoms with E-state index in [-0.39, 0.29) is 12.1 Å². The fourth-order valence-electron chi connectivity index (χ4n) is 4.13. The molecular formula is C20H31N3O2. The van der Waals surface area contributed by atoms with Crippen LogP contribution in [0.4, 0.5) is 10.5 Å². The van der Waals surface area contributed by atoms with Crippen molar-refractivity contribution in [2.75, 3.05) is 25.0 Å². The van der Waals surface area contributed by atoms with Gasteiger partial charge in [0.2, 0.25) is 0 Å². The van der Waals surface area contributed by atoms with Crippen molar-refractivity contribution in [3.63, 3.8) is 0 Å². The van der Waals surface area contributed by atoms with Gasteiger partial charge in [-0.3, -0.25) is 4.90 Å². The summed E-state index contributed by atoms with van der Waals surface area (Å²) in [6, 6.07) is 7.99. The van der Waals surface area contributed by atoms with Crippen LogP contribution >= 0.6 is 0 Å². The first-order valence-electron chi connectivity index (χ1n) is 9.65. The standard InChI is InChI=1S/C20H31N3O2/c1-15-8-10-17(11-9-15)22-20(25)21-13-16-5-4-12-23(14-16)18-6-2-3-7-19(18)24/h8-11,16,18-19,24H,2-7,12-14H2,1H3,(H2,21,22,25)/t16-,18+,19+/m0/s1. The molecular weight excluding hydrogens is 314 g/mol. The Morgan fingerprint density at radius 2 is 1.92 bits per heavy atom. The Labute approximate surface area is 150 Å². The molecule has 5 nitrogen and oxygen atoms in total. The molecule has 1 aliphatic carbocycles. The molecule has 1 aliphatic heterocycles. The summed E-state index contributed by atoms with van der Waals surface area (Å²) in [5.41, 5.74) is 2.00. The molecule has 1 aromatic rings. The van der Waals surface area contributed by atoms with Crippen molar-refractivity contribution < 1.29 is 9.90 Å².